The van der Waals surface area contributed by atoms with E-state index in [1.54, 1.807) is 36.4 Å². The summed E-state index contributed by atoms with van der Waals surface area (Å²) in [6, 6.07) is 18.2. The van der Waals surface area contributed by atoms with Gasteiger partial charge in [-0.15, -0.1) is 0 Å². The molecule has 1 fully saturated rings. The van der Waals surface area contributed by atoms with Crippen LogP contribution in [0.15, 0.2) is 75.0 Å². The first-order valence-corrected chi connectivity index (χ1v) is 10.9. The zero-order valence-corrected chi connectivity index (χ0v) is 16.3. The summed E-state index contributed by atoms with van der Waals surface area (Å²) in [5.74, 6) is 0.634. The van der Waals surface area contributed by atoms with Crippen LogP contribution in [-0.4, -0.2) is 26.5 Å². The maximum Gasteiger partial charge on any atom is 0.236 e. The van der Waals surface area contributed by atoms with Gasteiger partial charge < -0.3 is 9.32 Å². The molecule has 0 N–H and O–H groups in total. The van der Waals surface area contributed by atoms with Crippen molar-refractivity contribution in [2.24, 2.45) is 0 Å². The monoisotopic (exact) mass is 394 g/mol. The minimum atomic E-state index is -3.76. The van der Waals surface area contributed by atoms with Gasteiger partial charge >= 0.3 is 0 Å². The second-order valence-electron chi connectivity index (χ2n) is 6.77. The fourth-order valence-corrected chi connectivity index (χ4v) is 4.65. The van der Waals surface area contributed by atoms with Gasteiger partial charge in [-0.05, 0) is 43.0 Å². The molecule has 0 spiro atoms. The molecular formula is C22H22N2O3S. The van der Waals surface area contributed by atoms with E-state index in [9.17, 15) is 8.42 Å². The van der Waals surface area contributed by atoms with E-state index in [0.29, 0.717) is 11.8 Å². The van der Waals surface area contributed by atoms with Crippen molar-refractivity contribution in [2.45, 2.75) is 29.2 Å². The van der Waals surface area contributed by atoms with Crippen LogP contribution in [0.2, 0.25) is 0 Å². The maximum atomic E-state index is 13.2. The molecule has 0 saturated carbocycles. The molecule has 28 heavy (non-hydrogen) atoms. The number of aromatic nitrogens is 1. The predicted molar refractivity (Wildman–Crippen MR) is 110 cm³/mol. The minimum absolute atomic E-state index is 0.00619. The van der Waals surface area contributed by atoms with Crippen molar-refractivity contribution < 1.29 is 12.8 Å². The van der Waals surface area contributed by atoms with Crippen LogP contribution in [0.5, 0.6) is 0 Å². The van der Waals surface area contributed by atoms with Gasteiger partial charge in [-0.1, -0.05) is 48.5 Å². The first-order valence-electron chi connectivity index (χ1n) is 9.44. The number of nitrogens with zero attached hydrogens (tertiary/aromatic N) is 2. The fraction of sp³-hybridized carbons (Fsp3) is 0.227. The second kappa shape index (κ2) is 8.02. The van der Waals surface area contributed by atoms with Crippen molar-refractivity contribution in [3.63, 3.8) is 0 Å². The van der Waals surface area contributed by atoms with Crippen molar-refractivity contribution in [3.05, 3.63) is 72.1 Å². The highest BCUT2D eigenvalue weighted by atomic mass is 32.2. The molecule has 0 amide bonds. The molecule has 4 rings (SSSR count). The van der Waals surface area contributed by atoms with Gasteiger partial charge in [0.05, 0.1) is 4.90 Å². The highest BCUT2D eigenvalue weighted by molar-refractivity contribution is 7.91. The van der Waals surface area contributed by atoms with E-state index in [1.165, 1.54) is 0 Å². The van der Waals surface area contributed by atoms with Crippen LogP contribution in [0.1, 0.15) is 30.7 Å². The van der Waals surface area contributed by atoms with Crippen molar-refractivity contribution >= 4 is 27.9 Å². The third-order valence-electron chi connectivity index (χ3n) is 4.77. The average Bonchev–Trinajstić information content (AvgIpc) is 3.20. The highest BCUT2D eigenvalue weighted by Gasteiger charge is 2.31. The van der Waals surface area contributed by atoms with Gasteiger partial charge in [0.1, 0.15) is 0 Å². The van der Waals surface area contributed by atoms with Crippen molar-refractivity contribution in [1.29, 1.82) is 0 Å². The molecule has 1 aromatic heterocycles. The van der Waals surface area contributed by atoms with Crippen LogP contribution in [0.25, 0.3) is 12.2 Å². The van der Waals surface area contributed by atoms with Gasteiger partial charge in [-0.25, -0.2) is 8.42 Å². The lowest BCUT2D eigenvalue weighted by Crippen LogP contribution is -2.30. The molecule has 0 atom stereocenters. The van der Waals surface area contributed by atoms with Crippen LogP contribution in [0.3, 0.4) is 0 Å². The lowest BCUT2D eigenvalue weighted by atomic mass is 10.1. The Morgan fingerprint density at radius 2 is 1.50 bits per heavy atom. The van der Waals surface area contributed by atoms with Crippen LogP contribution >= 0.6 is 0 Å². The Kier molecular flexibility index (Phi) is 5.30. The van der Waals surface area contributed by atoms with E-state index < -0.39 is 9.84 Å². The Balaban J connectivity index is 1.75. The molecule has 0 bridgehead atoms. The van der Waals surface area contributed by atoms with Gasteiger partial charge in [-0.3, -0.25) is 0 Å². The summed E-state index contributed by atoms with van der Waals surface area (Å²) < 4.78 is 32.4. The lowest BCUT2D eigenvalue weighted by molar-refractivity contribution is 0.487. The molecule has 0 radical (unpaired) electrons. The molecule has 1 aliphatic rings. The topological polar surface area (TPSA) is 63.4 Å². The van der Waals surface area contributed by atoms with Crippen molar-refractivity contribution in [2.75, 3.05) is 18.0 Å². The number of sulfone groups is 1. The zero-order valence-electron chi connectivity index (χ0n) is 15.5. The Morgan fingerprint density at radius 3 is 2.18 bits per heavy atom. The molecule has 5 nitrogen and oxygen atoms in total. The minimum Gasteiger partial charge on any atom is -0.420 e. The molecule has 1 saturated heterocycles. The van der Waals surface area contributed by atoms with Gasteiger partial charge in [0, 0.05) is 19.2 Å². The second-order valence-corrected chi connectivity index (χ2v) is 8.64. The smallest absolute Gasteiger partial charge is 0.236 e. The number of anilines is 1. The Labute approximate surface area is 165 Å². The largest absolute Gasteiger partial charge is 0.420 e. The third-order valence-corrected chi connectivity index (χ3v) is 6.43. The molecule has 6 heteroatoms. The van der Waals surface area contributed by atoms with Crippen LogP contribution in [-0.2, 0) is 9.84 Å². The van der Waals surface area contributed by atoms with Crippen LogP contribution in [0.4, 0.5) is 5.88 Å². The van der Waals surface area contributed by atoms with E-state index >= 15 is 0 Å². The first-order chi connectivity index (χ1) is 13.6. The van der Waals surface area contributed by atoms with E-state index in [4.69, 9.17) is 4.42 Å². The van der Waals surface area contributed by atoms with Crippen LogP contribution < -0.4 is 4.90 Å². The molecule has 2 heterocycles. The fourth-order valence-electron chi connectivity index (χ4n) is 3.30. The number of hydrogen-bond donors (Lipinski definition) is 0. The maximum absolute atomic E-state index is 13.2. The average molecular weight is 394 g/mol. The van der Waals surface area contributed by atoms with E-state index in [1.807, 2.05) is 41.3 Å². The summed E-state index contributed by atoms with van der Waals surface area (Å²) in [5, 5.41) is -0.00619. The molecule has 1 aliphatic heterocycles. The number of oxazole rings is 1. The van der Waals surface area contributed by atoms with Crippen molar-refractivity contribution in [3.8, 4) is 0 Å². The standard InChI is InChI=1S/C22H22N2O3S/c25-28(26,19-12-6-2-7-13-19)21-22(24-16-8-3-9-17-24)27-20(23-21)15-14-18-10-4-1-5-11-18/h1-2,4-7,10-15H,3,8-9,16-17H2. The van der Waals surface area contributed by atoms with Crippen molar-refractivity contribution in [1.82, 2.24) is 4.98 Å². The summed E-state index contributed by atoms with van der Waals surface area (Å²) in [6.07, 6.45) is 6.76. The Hall–Kier alpha value is -2.86. The summed E-state index contributed by atoms with van der Waals surface area (Å²) in [7, 11) is -3.76. The zero-order chi connectivity index (χ0) is 19.4. The number of rotatable bonds is 5. The molecule has 0 aliphatic carbocycles. The summed E-state index contributed by atoms with van der Waals surface area (Å²) in [6.45, 7) is 1.54. The molecule has 2 aromatic carbocycles. The summed E-state index contributed by atoms with van der Waals surface area (Å²) >= 11 is 0. The van der Waals surface area contributed by atoms with E-state index in [-0.39, 0.29) is 9.92 Å². The quantitative estimate of drug-likeness (QED) is 0.629. The van der Waals surface area contributed by atoms with Gasteiger partial charge in [0.25, 0.3) is 0 Å². The van der Waals surface area contributed by atoms with Gasteiger partial charge in [0.2, 0.25) is 26.6 Å². The normalized spacial score (nSPS) is 15.2. The Bertz CT molecular complexity index is 1050. The first kappa shape index (κ1) is 18.5. The Morgan fingerprint density at radius 1 is 0.857 bits per heavy atom. The van der Waals surface area contributed by atoms with Gasteiger partial charge in [-0.2, -0.15) is 4.98 Å². The third kappa shape index (κ3) is 3.87. The van der Waals surface area contributed by atoms with E-state index in [2.05, 4.69) is 4.98 Å². The number of piperidine rings is 1. The lowest BCUT2D eigenvalue weighted by Gasteiger charge is -2.26. The number of hydrogen-bond acceptors (Lipinski definition) is 5. The van der Waals surface area contributed by atoms with Gasteiger partial charge in [0.15, 0.2) is 0 Å². The molecule has 3 aromatic rings. The highest BCUT2D eigenvalue weighted by Crippen LogP contribution is 2.33. The number of benzene rings is 2. The van der Waals surface area contributed by atoms with Crippen LogP contribution in [0, 0.1) is 0 Å². The summed E-state index contributed by atoms with van der Waals surface area (Å²) in [5.41, 5.74) is 0.993. The summed E-state index contributed by atoms with van der Waals surface area (Å²) in [4.78, 5) is 6.58. The SMILES string of the molecule is O=S(=O)(c1ccccc1)c1nc(C=Cc2ccccc2)oc1N1CCCCC1. The molecule has 144 valence electrons. The van der Waals surface area contributed by atoms with E-state index in [0.717, 1.165) is 37.9 Å². The predicted octanol–water partition coefficient (Wildman–Crippen LogP) is 4.67. The molecular weight excluding hydrogens is 372 g/mol. The molecule has 0 unspecified atom stereocenters.